The summed E-state index contributed by atoms with van der Waals surface area (Å²) in [4.78, 5) is 37.7. The second-order valence-electron chi connectivity index (χ2n) is 11.1. The van der Waals surface area contributed by atoms with Crippen LogP contribution in [0.25, 0.3) is 0 Å². The molecule has 2 aromatic carbocycles. The molecular formula is C29H34FN3O3. The number of carbonyl (C=O) groups is 3. The Labute approximate surface area is 211 Å². The third-order valence-electron chi connectivity index (χ3n) is 8.32. The first-order valence-corrected chi connectivity index (χ1v) is 13.0. The number of carbonyl (C=O) groups excluding carboxylic acids is 3. The van der Waals surface area contributed by atoms with Crippen LogP contribution in [0, 0.1) is 35.9 Å². The highest BCUT2D eigenvalue weighted by Gasteiger charge is 2.54. The van der Waals surface area contributed by atoms with Gasteiger partial charge < -0.3 is 16.0 Å². The van der Waals surface area contributed by atoms with E-state index < -0.39 is 5.82 Å². The van der Waals surface area contributed by atoms with Crippen molar-refractivity contribution in [2.45, 2.75) is 52.0 Å². The molecular weight excluding hydrogens is 457 g/mol. The number of rotatable bonds is 8. The molecule has 0 radical (unpaired) electrons. The number of halogens is 1. The van der Waals surface area contributed by atoms with Gasteiger partial charge in [-0.2, -0.15) is 0 Å². The quantitative estimate of drug-likeness (QED) is 0.486. The first kappa shape index (κ1) is 24.5. The van der Waals surface area contributed by atoms with Crippen molar-refractivity contribution < 1.29 is 18.8 Å². The summed E-state index contributed by atoms with van der Waals surface area (Å²) in [7, 11) is 0. The van der Waals surface area contributed by atoms with Gasteiger partial charge in [-0.3, -0.25) is 14.4 Å². The van der Waals surface area contributed by atoms with Gasteiger partial charge in [0.2, 0.25) is 5.91 Å². The summed E-state index contributed by atoms with van der Waals surface area (Å²) < 4.78 is 13.6. The van der Waals surface area contributed by atoms with Gasteiger partial charge in [0, 0.05) is 36.2 Å². The zero-order valence-electron chi connectivity index (χ0n) is 20.7. The minimum absolute atomic E-state index is 0.155. The zero-order valence-corrected chi connectivity index (χ0v) is 20.7. The smallest absolute Gasteiger partial charge is 0.251 e. The van der Waals surface area contributed by atoms with E-state index in [1.54, 1.807) is 31.2 Å². The first-order chi connectivity index (χ1) is 17.3. The molecule has 4 bridgehead atoms. The number of hydrogen-bond acceptors (Lipinski definition) is 3. The lowest BCUT2D eigenvalue weighted by Crippen LogP contribution is -2.53. The number of nitrogens with one attached hydrogen (secondary N) is 3. The molecule has 4 aliphatic carbocycles. The predicted molar refractivity (Wildman–Crippen MR) is 135 cm³/mol. The van der Waals surface area contributed by atoms with E-state index in [0.717, 1.165) is 42.6 Å². The fraction of sp³-hybridized carbons (Fsp3) is 0.483. The van der Waals surface area contributed by atoms with E-state index in [4.69, 9.17) is 0 Å². The van der Waals surface area contributed by atoms with E-state index in [1.807, 2.05) is 12.1 Å². The lowest BCUT2D eigenvalue weighted by atomic mass is 9.49. The summed E-state index contributed by atoms with van der Waals surface area (Å²) in [6.45, 7) is 2.59. The Morgan fingerprint density at radius 2 is 1.33 bits per heavy atom. The van der Waals surface area contributed by atoms with Gasteiger partial charge >= 0.3 is 0 Å². The fourth-order valence-corrected chi connectivity index (χ4v) is 6.82. The lowest BCUT2D eigenvalue weighted by molar-refractivity contribution is -0.146. The van der Waals surface area contributed by atoms with Crippen LogP contribution >= 0.6 is 0 Å². The summed E-state index contributed by atoms with van der Waals surface area (Å²) in [6, 6.07) is 11.6. The van der Waals surface area contributed by atoms with Crippen LogP contribution in [0.2, 0.25) is 0 Å². The first-order valence-electron chi connectivity index (χ1n) is 13.0. The third-order valence-corrected chi connectivity index (χ3v) is 8.32. The molecule has 0 heterocycles. The van der Waals surface area contributed by atoms with Crippen molar-refractivity contribution in [1.82, 2.24) is 16.0 Å². The van der Waals surface area contributed by atoms with Crippen LogP contribution in [0.5, 0.6) is 0 Å². The van der Waals surface area contributed by atoms with Crippen LogP contribution in [-0.2, 0) is 11.3 Å². The number of hydrogen-bond donors (Lipinski definition) is 3. The van der Waals surface area contributed by atoms with E-state index >= 15 is 0 Å². The minimum Gasteiger partial charge on any atom is -0.352 e. The highest BCUT2D eigenvalue weighted by Crippen LogP contribution is 2.60. The molecule has 36 heavy (non-hydrogen) atoms. The van der Waals surface area contributed by atoms with Gasteiger partial charge in [-0.05, 0) is 98.6 Å². The molecule has 0 aromatic heterocycles. The standard InChI is InChI=1S/C29H34FN3O3/c1-18-2-5-24(13-25(18)30)27(35)32-9-8-31-26(34)23-6-3-19(4-7-23)17-33-28(36)29-14-20-10-21(15-29)12-22(11-20)16-29/h2-7,13,20-22H,8-12,14-17H2,1H3,(H,31,34)(H,32,35)(H,33,36). The van der Waals surface area contributed by atoms with Crippen molar-refractivity contribution >= 4 is 17.7 Å². The van der Waals surface area contributed by atoms with Crippen LogP contribution in [-0.4, -0.2) is 30.8 Å². The van der Waals surface area contributed by atoms with Crippen LogP contribution in [0.3, 0.4) is 0 Å². The van der Waals surface area contributed by atoms with Crippen LogP contribution in [0.1, 0.15) is 70.4 Å². The summed E-state index contributed by atoms with van der Waals surface area (Å²) in [6.07, 6.45) is 7.09. The SMILES string of the molecule is Cc1ccc(C(=O)NCCNC(=O)c2ccc(CNC(=O)C34CC5CC(CC(C5)C3)C4)cc2)cc1F. The minimum atomic E-state index is -0.424. The van der Waals surface area contributed by atoms with Crippen LogP contribution in [0.4, 0.5) is 4.39 Å². The zero-order chi connectivity index (χ0) is 25.3. The second kappa shape index (κ2) is 10.0. The van der Waals surface area contributed by atoms with E-state index in [2.05, 4.69) is 16.0 Å². The van der Waals surface area contributed by atoms with E-state index in [0.29, 0.717) is 17.7 Å². The lowest BCUT2D eigenvalue weighted by Gasteiger charge is -2.55. The maximum absolute atomic E-state index is 13.6. The summed E-state index contributed by atoms with van der Waals surface area (Å²) in [5.74, 6) is 1.36. The molecule has 0 unspecified atom stereocenters. The highest BCUT2D eigenvalue weighted by molar-refractivity contribution is 5.95. The molecule has 7 heteroatoms. The van der Waals surface area contributed by atoms with Crippen molar-refractivity contribution in [3.05, 3.63) is 70.5 Å². The number of amides is 3. The Bertz CT molecular complexity index is 1130. The Morgan fingerprint density at radius 3 is 1.89 bits per heavy atom. The fourth-order valence-electron chi connectivity index (χ4n) is 6.82. The topological polar surface area (TPSA) is 87.3 Å². The molecule has 0 atom stereocenters. The van der Waals surface area contributed by atoms with Crippen molar-refractivity contribution in [1.29, 1.82) is 0 Å². The summed E-state index contributed by atoms with van der Waals surface area (Å²) in [5, 5.41) is 8.62. The monoisotopic (exact) mass is 491 g/mol. The molecule has 3 amide bonds. The molecule has 0 spiro atoms. The van der Waals surface area contributed by atoms with Gasteiger partial charge in [-0.1, -0.05) is 18.2 Å². The highest BCUT2D eigenvalue weighted by atomic mass is 19.1. The van der Waals surface area contributed by atoms with E-state index in [-0.39, 0.29) is 41.8 Å². The van der Waals surface area contributed by atoms with Crippen molar-refractivity contribution in [3.63, 3.8) is 0 Å². The molecule has 6 nitrogen and oxygen atoms in total. The van der Waals surface area contributed by atoms with Gasteiger partial charge in [0.15, 0.2) is 0 Å². The van der Waals surface area contributed by atoms with Crippen molar-refractivity contribution in [2.24, 2.45) is 23.2 Å². The average molecular weight is 492 g/mol. The molecule has 2 aromatic rings. The van der Waals surface area contributed by atoms with Gasteiger partial charge in [0.25, 0.3) is 11.8 Å². The van der Waals surface area contributed by atoms with Gasteiger partial charge in [-0.15, -0.1) is 0 Å². The molecule has 0 aliphatic heterocycles. The molecule has 0 saturated heterocycles. The molecule has 4 aliphatic rings. The number of benzene rings is 2. The van der Waals surface area contributed by atoms with Gasteiger partial charge in [0.1, 0.15) is 5.82 Å². The second-order valence-corrected chi connectivity index (χ2v) is 11.1. The predicted octanol–water partition coefficient (Wildman–Crippen LogP) is 4.13. The largest absolute Gasteiger partial charge is 0.352 e. The van der Waals surface area contributed by atoms with Crippen LogP contribution < -0.4 is 16.0 Å². The molecule has 4 saturated carbocycles. The van der Waals surface area contributed by atoms with Gasteiger partial charge in [-0.25, -0.2) is 4.39 Å². The number of aryl methyl sites for hydroxylation is 1. The molecule has 4 fully saturated rings. The molecule has 6 rings (SSSR count). The van der Waals surface area contributed by atoms with E-state index in [9.17, 15) is 18.8 Å². The van der Waals surface area contributed by atoms with Crippen molar-refractivity contribution in [3.8, 4) is 0 Å². The Hall–Kier alpha value is -3.22. The normalized spacial score (nSPS) is 25.9. The molecule has 190 valence electrons. The maximum Gasteiger partial charge on any atom is 0.251 e. The third kappa shape index (κ3) is 5.15. The average Bonchev–Trinajstić information content (AvgIpc) is 2.86. The molecule has 3 N–H and O–H groups in total. The summed E-state index contributed by atoms with van der Waals surface area (Å²) >= 11 is 0. The Kier molecular flexibility index (Phi) is 6.82. The summed E-state index contributed by atoms with van der Waals surface area (Å²) in [5.41, 5.74) is 2.04. The maximum atomic E-state index is 13.6. The van der Waals surface area contributed by atoms with Crippen molar-refractivity contribution in [2.75, 3.05) is 13.1 Å². The Morgan fingerprint density at radius 1 is 0.806 bits per heavy atom. The van der Waals surface area contributed by atoms with Gasteiger partial charge in [0.05, 0.1) is 0 Å². The van der Waals surface area contributed by atoms with E-state index in [1.165, 1.54) is 25.3 Å². The van der Waals surface area contributed by atoms with Crippen LogP contribution in [0.15, 0.2) is 42.5 Å². The Balaban J connectivity index is 1.05.